The first-order valence-corrected chi connectivity index (χ1v) is 7.46. The largest absolute Gasteiger partial charge is 0.376 e. The molecule has 1 saturated heterocycles. The predicted molar refractivity (Wildman–Crippen MR) is 77.4 cm³/mol. The van der Waals surface area contributed by atoms with Crippen LogP contribution in [0.5, 0.6) is 0 Å². The number of pyridine rings is 1. The molecule has 1 saturated carbocycles. The van der Waals surface area contributed by atoms with Gasteiger partial charge in [0.15, 0.2) is 11.0 Å². The SMILES string of the molecule is Fc1c(Cl)ncc2c(N3CCCO[C@H]4C[C@H]43)nc(Cl)nc12. The van der Waals surface area contributed by atoms with Gasteiger partial charge in [-0.25, -0.2) is 14.4 Å². The van der Waals surface area contributed by atoms with Gasteiger partial charge in [-0.05, 0) is 24.4 Å². The zero-order valence-corrected chi connectivity index (χ0v) is 12.4. The minimum atomic E-state index is -0.668. The summed E-state index contributed by atoms with van der Waals surface area (Å²) in [5.41, 5.74) is 0.104. The third-order valence-electron chi connectivity index (χ3n) is 3.84. The number of nitrogens with zero attached hydrogens (tertiary/aromatic N) is 4. The molecule has 2 fully saturated rings. The van der Waals surface area contributed by atoms with Crippen molar-refractivity contribution in [2.75, 3.05) is 18.1 Å². The van der Waals surface area contributed by atoms with Crippen molar-refractivity contribution in [2.45, 2.75) is 25.0 Å². The first-order valence-electron chi connectivity index (χ1n) is 6.70. The van der Waals surface area contributed by atoms with Crippen LogP contribution in [0.15, 0.2) is 6.20 Å². The monoisotopic (exact) mass is 328 g/mol. The number of rotatable bonds is 1. The smallest absolute Gasteiger partial charge is 0.225 e. The van der Waals surface area contributed by atoms with Gasteiger partial charge >= 0.3 is 0 Å². The molecule has 1 aliphatic carbocycles. The summed E-state index contributed by atoms with van der Waals surface area (Å²) in [5, 5.41) is 0.307. The van der Waals surface area contributed by atoms with E-state index in [1.165, 1.54) is 6.20 Å². The number of halogens is 3. The summed E-state index contributed by atoms with van der Waals surface area (Å²) in [6.45, 7) is 1.51. The van der Waals surface area contributed by atoms with Crippen LogP contribution in [0.25, 0.3) is 10.9 Å². The van der Waals surface area contributed by atoms with Gasteiger partial charge in [-0.2, -0.15) is 4.98 Å². The molecular weight excluding hydrogens is 318 g/mol. The van der Waals surface area contributed by atoms with Crippen LogP contribution in [0.1, 0.15) is 12.8 Å². The molecule has 3 heterocycles. The van der Waals surface area contributed by atoms with Gasteiger partial charge in [0.05, 0.1) is 17.5 Å². The second-order valence-corrected chi connectivity index (χ2v) is 5.90. The number of hydrogen-bond acceptors (Lipinski definition) is 5. The van der Waals surface area contributed by atoms with Crippen LogP contribution >= 0.6 is 23.2 Å². The fourth-order valence-electron chi connectivity index (χ4n) is 2.78. The van der Waals surface area contributed by atoms with Crippen LogP contribution in [0.3, 0.4) is 0 Å². The summed E-state index contributed by atoms with van der Waals surface area (Å²) in [4.78, 5) is 14.2. The van der Waals surface area contributed by atoms with Gasteiger partial charge in [0, 0.05) is 19.3 Å². The van der Waals surface area contributed by atoms with Crippen molar-refractivity contribution in [3.63, 3.8) is 0 Å². The molecular formula is C13H11Cl2FN4O. The Morgan fingerprint density at radius 1 is 1.33 bits per heavy atom. The quantitative estimate of drug-likeness (QED) is 0.595. The molecule has 2 atom stereocenters. The Balaban J connectivity index is 1.90. The van der Waals surface area contributed by atoms with Crippen LogP contribution in [0.2, 0.25) is 10.4 Å². The fourth-order valence-corrected chi connectivity index (χ4v) is 3.08. The molecule has 0 bridgehead atoms. The molecule has 1 aliphatic heterocycles. The lowest BCUT2D eigenvalue weighted by Gasteiger charge is -2.23. The van der Waals surface area contributed by atoms with Gasteiger partial charge in [0.2, 0.25) is 5.28 Å². The molecule has 0 unspecified atom stereocenters. The molecule has 4 rings (SSSR count). The van der Waals surface area contributed by atoms with E-state index in [1.54, 1.807) is 0 Å². The molecule has 0 N–H and O–H groups in total. The number of hydrogen-bond donors (Lipinski definition) is 0. The second-order valence-electron chi connectivity index (χ2n) is 5.20. The van der Waals surface area contributed by atoms with E-state index in [0.717, 1.165) is 26.0 Å². The van der Waals surface area contributed by atoms with Gasteiger partial charge in [-0.15, -0.1) is 0 Å². The van der Waals surface area contributed by atoms with Gasteiger partial charge in [-0.1, -0.05) is 11.6 Å². The van der Waals surface area contributed by atoms with Gasteiger partial charge < -0.3 is 9.64 Å². The Labute approximate surface area is 130 Å². The van der Waals surface area contributed by atoms with E-state index in [4.69, 9.17) is 27.9 Å². The second kappa shape index (κ2) is 4.90. The average molecular weight is 329 g/mol. The minimum Gasteiger partial charge on any atom is -0.376 e. The molecule has 0 spiro atoms. The number of aromatic nitrogens is 3. The molecule has 5 nitrogen and oxygen atoms in total. The first kappa shape index (κ1) is 13.4. The maximum absolute atomic E-state index is 14.1. The first-order chi connectivity index (χ1) is 10.1. The van der Waals surface area contributed by atoms with Crippen molar-refractivity contribution in [1.29, 1.82) is 0 Å². The van der Waals surface area contributed by atoms with Crippen molar-refractivity contribution >= 4 is 39.9 Å². The lowest BCUT2D eigenvalue weighted by Crippen LogP contribution is -2.29. The highest BCUT2D eigenvalue weighted by molar-refractivity contribution is 6.30. The molecule has 0 radical (unpaired) electrons. The van der Waals surface area contributed by atoms with E-state index >= 15 is 0 Å². The lowest BCUT2D eigenvalue weighted by atomic mass is 10.2. The zero-order chi connectivity index (χ0) is 14.6. The molecule has 0 aromatic carbocycles. The number of fused-ring (bicyclic) bond motifs is 2. The Bertz CT molecular complexity index is 729. The van der Waals surface area contributed by atoms with Gasteiger partial charge in [0.25, 0.3) is 0 Å². The van der Waals surface area contributed by atoms with E-state index in [-0.39, 0.29) is 28.1 Å². The van der Waals surface area contributed by atoms with Gasteiger partial charge in [-0.3, -0.25) is 0 Å². The van der Waals surface area contributed by atoms with Crippen molar-refractivity contribution in [3.05, 3.63) is 22.5 Å². The summed E-state index contributed by atoms with van der Waals surface area (Å²) >= 11 is 11.7. The summed E-state index contributed by atoms with van der Waals surface area (Å²) < 4.78 is 19.8. The molecule has 0 amide bonds. The topological polar surface area (TPSA) is 51.1 Å². The van der Waals surface area contributed by atoms with Crippen molar-refractivity contribution in [1.82, 2.24) is 15.0 Å². The van der Waals surface area contributed by atoms with Crippen molar-refractivity contribution in [3.8, 4) is 0 Å². The van der Waals surface area contributed by atoms with Crippen molar-refractivity contribution < 1.29 is 9.13 Å². The number of ether oxygens (including phenoxy) is 1. The molecule has 2 aromatic rings. The molecule has 2 aliphatic rings. The summed E-state index contributed by atoms with van der Waals surface area (Å²) in [6.07, 6.45) is 3.56. The van der Waals surface area contributed by atoms with Crippen molar-refractivity contribution in [2.24, 2.45) is 0 Å². The third kappa shape index (κ3) is 2.22. The molecule has 2 aromatic heterocycles. The molecule has 21 heavy (non-hydrogen) atoms. The zero-order valence-electron chi connectivity index (χ0n) is 10.9. The Kier molecular flexibility index (Phi) is 3.13. The highest BCUT2D eigenvalue weighted by Gasteiger charge is 2.45. The standard InChI is InChI=1S/C13H11Cl2FN4O/c14-11-9(16)10-6(5-17-11)12(19-13(15)18-10)20-2-1-3-21-8-4-7(8)20/h5,7-8H,1-4H2/t7-,8+/m1/s1. The normalized spacial score (nSPS) is 24.8. The predicted octanol–water partition coefficient (Wildman–Crippen LogP) is 2.84. The number of anilines is 1. The maximum Gasteiger partial charge on any atom is 0.225 e. The Morgan fingerprint density at radius 2 is 2.19 bits per heavy atom. The lowest BCUT2D eigenvalue weighted by molar-refractivity contribution is 0.124. The maximum atomic E-state index is 14.1. The highest BCUT2D eigenvalue weighted by Crippen LogP contribution is 2.39. The van der Waals surface area contributed by atoms with Crippen LogP contribution in [0, 0.1) is 5.82 Å². The summed E-state index contributed by atoms with van der Waals surface area (Å²) in [5.74, 6) is -0.0656. The van der Waals surface area contributed by atoms with E-state index in [9.17, 15) is 4.39 Å². The molecule has 8 heteroatoms. The highest BCUT2D eigenvalue weighted by atomic mass is 35.5. The summed E-state index contributed by atoms with van der Waals surface area (Å²) in [7, 11) is 0. The van der Waals surface area contributed by atoms with E-state index in [2.05, 4.69) is 19.9 Å². The van der Waals surface area contributed by atoms with Crippen LogP contribution in [0.4, 0.5) is 10.2 Å². The Hall–Kier alpha value is -1.24. The van der Waals surface area contributed by atoms with Crippen LogP contribution in [-0.4, -0.2) is 40.2 Å². The van der Waals surface area contributed by atoms with Gasteiger partial charge in [0.1, 0.15) is 11.3 Å². The molecule has 110 valence electrons. The Morgan fingerprint density at radius 3 is 3.05 bits per heavy atom. The minimum absolute atomic E-state index is 0.000956. The third-order valence-corrected chi connectivity index (χ3v) is 4.27. The fraction of sp³-hybridized carbons (Fsp3) is 0.462. The summed E-state index contributed by atoms with van der Waals surface area (Å²) in [6, 6.07) is 0.264. The average Bonchev–Trinajstić information content (AvgIpc) is 3.22. The van der Waals surface area contributed by atoms with E-state index in [0.29, 0.717) is 11.2 Å². The van der Waals surface area contributed by atoms with E-state index in [1.807, 2.05) is 0 Å². The van der Waals surface area contributed by atoms with E-state index < -0.39 is 5.82 Å². The van der Waals surface area contributed by atoms with Crippen LogP contribution < -0.4 is 4.90 Å². The van der Waals surface area contributed by atoms with Crippen LogP contribution in [-0.2, 0) is 4.74 Å².